The molecule has 0 amide bonds. The number of aryl methyl sites for hydroxylation is 1. The minimum absolute atomic E-state index is 0.0763. The quantitative estimate of drug-likeness (QED) is 0.592. The van der Waals surface area contributed by atoms with E-state index in [9.17, 15) is 20.0 Å². The molecule has 6 nitrogen and oxygen atoms in total. The van der Waals surface area contributed by atoms with Gasteiger partial charge >= 0.3 is 5.97 Å². The first-order valence-corrected chi connectivity index (χ1v) is 6.59. The predicted octanol–water partition coefficient (Wildman–Crippen LogP) is 3.52. The highest BCUT2D eigenvalue weighted by atomic mass is 16.6. The van der Waals surface area contributed by atoms with Crippen LogP contribution in [0.25, 0.3) is 16.6 Å². The number of pyridine rings is 1. The lowest BCUT2D eigenvalue weighted by atomic mass is 9.99. The molecule has 0 aliphatic heterocycles. The topological polar surface area (TPSA) is 84.8 Å². The average Bonchev–Trinajstić information content (AvgIpc) is 2.81. The second-order valence-corrected chi connectivity index (χ2v) is 4.87. The zero-order valence-corrected chi connectivity index (χ0v) is 11.7. The lowest BCUT2D eigenvalue weighted by molar-refractivity contribution is -0.384. The van der Waals surface area contributed by atoms with Crippen molar-refractivity contribution in [3.63, 3.8) is 0 Å². The number of aromatic carboxylic acids is 1. The minimum Gasteiger partial charge on any atom is -0.478 e. The van der Waals surface area contributed by atoms with Gasteiger partial charge in [-0.2, -0.15) is 0 Å². The van der Waals surface area contributed by atoms with Gasteiger partial charge in [0.1, 0.15) is 0 Å². The molecule has 0 radical (unpaired) electrons. The van der Waals surface area contributed by atoms with Crippen LogP contribution in [0.4, 0.5) is 5.69 Å². The molecule has 2 aromatic heterocycles. The third-order valence-electron chi connectivity index (χ3n) is 3.67. The van der Waals surface area contributed by atoms with Crippen molar-refractivity contribution in [3.05, 3.63) is 70.0 Å². The van der Waals surface area contributed by atoms with Crippen molar-refractivity contribution in [2.24, 2.45) is 0 Å². The minimum atomic E-state index is -1.11. The Bertz CT molecular complexity index is 912. The van der Waals surface area contributed by atoms with Gasteiger partial charge in [0.15, 0.2) is 0 Å². The monoisotopic (exact) mass is 296 g/mol. The van der Waals surface area contributed by atoms with E-state index in [1.165, 1.54) is 6.07 Å². The van der Waals surface area contributed by atoms with Crippen LogP contribution in [0.3, 0.4) is 0 Å². The standard InChI is InChI=1S/C16H12N2O4/c1-10-14(11-6-2-3-7-12(11)18(21)22)15(16(19)20)13-8-4-5-9-17(10)13/h2-9H,1H3,(H,19,20). The third-order valence-corrected chi connectivity index (χ3v) is 3.67. The van der Waals surface area contributed by atoms with Crippen molar-refractivity contribution < 1.29 is 14.8 Å². The molecule has 0 saturated carbocycles. The van der Waals surface area contributed by atoms with Crippen LogP contribution in [0.1, 0.15) is 16.1 Å². The van der Waals surface area contributed by atoms with Crippen molar-refractivity contribution in [1.29, 1.82) is 0 Å². The van der Waals surface area contributed by atoms with E-state index in [2.05, 4.69) is 0 Å². The number of hydrogen-bond acceptors (Lipinski definition) is 3. The van der Waals surface area contributed by atoms with Gasteiger partial charge in [-0.05, 0) is 25.1 Å². The first kappa shape index (κ1) is 13.8. The molecule has 3 aromatic rings. The lowest BCUT2D eigenvalue weighted by Gasteiger charge is -2.04. The summed E-state index contributed by atoms with van der Waals surface area (Å²) in [5, 5.41) is 20.8. The molecule has 0 aliphatic carbocycles. The third kappa shape index (κ3) is 1.93. The molecule has 110 valence electrons. The van der Waals surface area contributed by atoms with E-state index in [0.29, 0.717) is 22.3 Å². The molecule has 0 aliphatic rings. The number of fused-ring (bicyclic) bond motifs is 1. The fourth-order valence-electron chi connectivity index (χ4n) is 2.76. The van der Waals surface area contributed by atoms with Gasteiger partial charge in [0.2, 0.25) is 0 Å². The summed E-state index contributed by atoms with van der Waals surface area (Å²) in [5.41, 5.74) is 1.83. The number of benzene rings is 1. The van der Waals surface area contributed by atoms with E-state index in [0.717, 1.165) is 0 Å². The first-order chi connectivity index (χ1) is 10.5. The van der Waals surface area contributed by atoms with Gasteiger partial charge < -0.3 is 9.51 Å². The Labute approximate surface area is 125 Å². The van der Waals surface area contributed by atoms with Gasteiger partial charge in [0.25, 0.3) is 5.69 Å². The molecule has 0 fully saturated rings. The summed E-state index contributed by atoms with van der Waals surface area (Å²) in [6.07, 6.45) is 1.75. The number of nitrogens with zero attached hydrogens (tertiary/aromatic N) is 2. The Hall–Kier alpha value is -3.15. The van der Waals surface area contributed by atoms with Crippen LogP contribution in [-0.4, -0.2) is 20.4 Å². The van der Waals surface area contributed by atoms with E-state index in [4.69, 9.17) is 0 Å². The van der Waals surface area contributed by atoms with Gasteiger partial charge in [-0.1, -0.05) is 18.2 Å². The molecule has 0 atom stereocenters. The van der Waals surface area contributed by atoms with Crippen LogP contribution in [0, 0.1) is 17.0 Å². The Morgan fingerprint density at radius 2 is 1.86 bits per heavy atom. The normalized spacial score (nSPS) is 10.8. The second-order valence-electron chi connectivity index (χ2n) is 4.87. The molecule has 3 rings (SSSR count). The van der Waals surface area contributed by atoms with Crippen molar-refractivity contribution in [1.82, 2.24) is 4.40 Å². The molecule has 6 heteroatoms. The molecule has 0 bridgehead atoms. The second kappa shape index (κ2) is 5.00. The number of carbonyl (C=O) groups is 1. The summed E-state index contributed by atoms with van der Waals surface area (Å²) >= 11 is 0. The highest BCUT2D eigenvalue weighted by Gasteiger charge is 2.26. The lowest BCUT2D eigenvalue weighted by Crippen LogP contribution is -1.99. The van der Waals surface area contributed by atoms with Gasteiger partial charge in [0.05, 0.1) is 21.6 Å². The first-order valence-electron chi connectivity index (χ1n) is 6.59. The average molecular weight is 296 g/mol. The van der Waals surface area contributed by atoms with E-state index in [1.54, 1.807) is 53.9 Å². The summed E-state index contributed by atoms with van der Waals surface area (Å²) in [6.45, 7) is 1.76. The maximum Gasteiger partial charge on any atom is 0.338 e. The summed E-state index contributed by atoms with van der Waals surface area (Å²) < 4.78 is 1.73. The molecule has 1 aromatic carbocycles. The van der Waals surface area contributed by atoms with Gasteiger partial charge in [-0.3, -0.25) is 10.1 Å². The van der Waals surface area contributed by atoms with Crippen LogP contribution in [0.2, 0.25) is 0 Å². The summed E-state index contributed by atoms with van der Waals surface area (Å²) in [5.74, 6) is -1.11. The van der Waals surface area contributed by atoms with Crippen molar-refractivity contribution >= 4 is 17.2 Å². The molecule has 22 heavy (non-hydrogen) atoms. The smallest absolute Gasteiger partial charge is 0.338 e. The highest BCUT2D eigenvalue weighted by Crippen LogP contribution is 2.37. The molecule has 0 unspecified atom stereocenters. The molecular weight excluding hydrogens is 284 g/mol. The van der Waals surface area contributed by atoms with Gasteiger partial charge in [-0.15, -0.1) is 0 Å². The Morgan fingerprint density at radius 1 is 1.18 bits per heavy atom. The van der Waals surface area contributed by atoms with E-state index in [1.807, 2.05) is 0 Å². The van der Waals surface area contributed by atoms with E-state index in [-0.39, 0.29) is 11.3 Å². The summed E-state index contributed by atoms with van der Waals surface area (Å²) in [4.78, 5) is 22.5. The molecular formula is C16H12N2O4. The number of hydrogen-bond donors (Lipinski definition) is 1. The van der Waals surface area contributed by atoms with Crippen LogP contribution in [0.15, 0.2) is 48.7 Å². The number of carboxylic acid groups (broad SMARTS) is 1. The maximum atomic E-state index is 11.7. The number of carboxylic acids is 1. The maximum absolute atomic E-state index is 11.7. The van der Waals surface area contributed by atoms with Crippen LogP contribution in [-0.2, 0) is 0 Å². The van der Waals surface area contributed by atoms with Gasteiger partial charge in [0, 0.05) is 23.5 Å². The van der Waals surface area contributed by atoms with E-state index >= 15 is 0 Å². The van der Waals surface area contributed by atoms with Crippen LogP contribution < -0.4 is 0 Å². The molecule has 0 spiro atoms. The number of aromatic nitrogens is 1. The van der Waals surface area contributed by atoms with Crippen molar-refractivity contribution in [2.75, 3.05) is 0 Å². The zero-order valence-electron chi connectivity index (χ0n) is 11.7. The largest absolute Gasteiger partial charge is 0.478 e. The van der Waals surface area contributed by atoms with Crippen molar-refractivity contribution in [3.8, 4) is 11.1 Å². The fourth-order valence-corrected chi connectivity index (χ4v) is 2.76. The van der Waals surface area contributed by atoms with Crippen LogP contribution >= 0.6 is 0 Å². The predicted molar refractivity (Wildman–Crippen MR) is 81.2 cm³/mol. The molecule has 0 saturated heterocycles. The number of nitro benzene ring substituents is 1. The Balaban J connectivity index is 2.47. The van der Waals surface area contributed by atoms with Gasteiger partial charge in [-0.25, -0.2) is 4.79 Å². The Kier molecular flexibility index (Phi) is 3.14. The van der Waals surface area contributed by atoms with E-state index < -0.39 is 10.9 Å². The fraction of sp³-hybridized carbons (Fsp3) is 0.0625. The molecule has 1 N–H and O–H groups in total. The van der Waals surface area contributed by atoms with Crippen LogP contribution in [0.5, 0.6) is 0 Å². The summed E-state index contributed by atoms with van der Waals surface area (Å²) in [7, 11) is 0. The number of nitro groups is 1. The zero-order chi connectivity index (χ0) is 15.9. The SMILES string of the molecule is Cc1c(-c2ccccc2[N+](=O)[O-])c(C(=O)O)c2ccccn12. The molecule has 2 heterocycles. The number of rotatable bonds is 3. The highest BCUT2D eigenvalue weighted by molar-refractivity contribution is 6.05. The Morgan fingerprint density at radius 3 is 2.55 bits per heavy atom. The summed E-state index contributed by atoms with van der Waals surface area (Å²) in [6, 6.07) is 11.4. The number of para-hydroxylation sites is 1. The van der Waals surface area contributed by atoms with Crippen molar-refractivity contribution in [2.45, 2.75) is 6.92 Å².